The Balaban J connectivity index is 1.35. The van der Waals surface area contributed by atoms with E-state index in [1.807, 2.05) is 53.4 Å². The Labute approximate surface area is 170 Å². The summed E-state index contributed by atoms with van der Waals surface area (Å²) in [7, 11) is 0. The molecule has 1 N–H and O–H groups in total. The minimum atomic E-state index is -0.299. The van der Waals surface area contributed by atoms with Crippen LogP contribution in [0.1, 0.15) is 37.3 Å². The lowest BCUT2D eigenvalue weighted by molar-refractivity contribution is -0.0544. The van der Waals surface area contributed by atoms with Crippen molar-refractivity contribution >= 4 is 29.0 Å². The number of urea groups is 1. The molecule has 5 nitrogen and oxygen atoms in total. The Morgan fingerprint density at radius 3 is 2.61 bits per heavy atom. The number of nitrogens with zero attached hydrogens (tertiary/aromatic N) is 2. The minimum Gasteiger partial charge on any atom is -0.388 e. The first kappa shape index (κ1) is 18.8. The maximum Gasteiger partial charge on any atom is 0.321 e. The predicted molar refractivity (Wildman–Crippen MR) is 112 cm³/mol. The van der Waals surface area contributed by atoms with Crippen molar-refractivity contribution in [2.45, 2.75) is 38.2 Å². The van der Waals surface area contributed by atoms with Gasteiger partial charge in [-0.05, 0) is 35.7 Å². The van der Waals surface area contributed by atoms with Crippen molar-refractivity contribution in [1.29, 1.82) is 0 Å². The van der Waals surface area contributed by atoms with E-state index >= 15 is 0 Å². The van der Waals surface area contributed by atoms with E-state index in [9.17, 15) is 4.79 Å². The first-order valence-electron chi connectivity index (χ1n) is 9.73. The number of anilines is 1. The zero-order valence-corrected chi connectivity index (χ0v) is 16.7. The Bertz CT molecular complexity index is 887. The van der Waals surface area contributed by atoms with Gasteiger partial charge in [0.05, 0.1) is 5.71 Å². The molecular weight excluding hydrogens is 374 g/mol. The molecule has 0 unspecified atom stereocenters. The Morgan fingerprint density at radius 2 is 1.89 bits per heavy atom. The largest absolute Gasteiger partial charge is 0.388 e. The molecule has 2 heterocycles. The maximum absolute atomic E-state index is 12.7. The lowest BCUT2D eigenvalue weighted by Gasteiger charge is -2.37. The molecule has 6 heteroatoms. The molecule has 0 aliphatic carbocycles. The van der Waals surface area contributed by atoms with E-state index in [4.69, 9.17) is 16.4 Å². The van der Waals surface area contributed by atoms with E-state index in [1.54, 1.807) is 0 Å². The summed E-state index contributed by atoms with van der Waals surface area (Å²) in [6.45, 7) is 3.40. The van der Waals surface area contributed by atoms with Crippen LogP contribution in [0.15, 0.2) is 53.7 Å². The van der Waals surface area contributed by atoms with Gasteiger partial charge >= 0.3 is 6.03 Å². The molecule has 2 aliphatic rings. The summed E-state index contributed by atoms with van der Waals surface area (Å²) in [4.78, 5) is 20.4. The second-order valence-corrected chi connectivity index (χ2v) is 7.86. The number of likely N-dealkylation sites (tertiary alicyclic amines) is 1. The molecule has 2 amide bonds. The number of oxime groups is 1. The third-order valence-electron chi connectivity index (χ3n) is 5.62. The van der Waals surface area contributed by atoms with Gasteiger partial charge in [-0.1, -0.05) is 54.0 Å². The summed E-state index contributed by atoms with van der Waals surface area (Å²) in [6, 6.07) is 15.6. The van der Waals surface area contributed by atoms with Crippen molar-refractivity contribution < 1.29 is 9.63 Å². The molecule has 0 atom stereocenters. The molecule has 0 saturated carbocycles. The first-order valence-corrected chi connectivity index (χ1v) is 10.1. The fraction of sp³-hybridized carbons (Fsp3) is 0.364. The molecule has 28 heavy (non-hydrogen) atoms. The number of carbonyl (C=O) groups excluding carboxylic acids is 1. The minimum absolute atomic E-state index is 0.0485. The summed E-state index contributed by atoms with van der Waals surface area (Å²) in [6.07, 6.45) is 3.20. The molecular formula is C22H24ClN3O2. The van der Waals surface area contributed by atoms with Gasteiger partial charge in [-0.2, -0.15) is 0 Å². The molecule has 0 radical (unpaired) electrons. The van der Waals surface area contributed by atoms with Crippen molar-refractivity contribution in [3.8, 4) is 0 Å². The average molecular weight is 398 g/mol. The highest BCUT2D eigenvalue weighted by molar-refractivity contribution is 6.30. The number of amides is 2. The van der Waals surface area contributed by atoms with Crippen LogP contribution in [0.5, 0.6) is 0 Å². The summed E-state index contributed by atoms with van der Waals surface area (Å²) in [5.74, 6) is 0. The van der Waals surface area contributed by atoms with Crippen LogP contribution in [0.3, 0.4) is 0 Å². The molecule has 1 fully saturated rings. The molecule has 146 valence electrons. The number of halogens is 1. The lowest BCUT2D eigenvalue weighted by Crippen LogP contribution is -2.48. The second kappa shape index (κ2) is 7.84. The molecule has 2 aromatic rings. The average Bonchev–Trinajstić information content (AvgIpc) is 3.13. The number of aryl methyl sites for hydroxylation is 1. The van der Waals surface area contributed by atoms with E-state index in [2.05, 4.69) is 17.4 Å². The summed E-state index contributed by atoms with van der Waals surface area (Å²) in [5.41, 5.74) is 3.72. The van der Waals surface area contributed by atoms with Crippen molar-refractivity contribution in [2.24, 2.45) is 5.16 Å². The number of para-hydroxylation sites is 1. The van der Waals surface area contributed by atoms with E-state index < -0.39 is 0 Å². The highest BCUT2D eigenvalue weighted by Gasteiger charge is 2.43. The number of hydrogen-bond donors (Lipinski definition) is 1. The van der Waals surface area contributed by atoms with Crippen LogP contribution in [0.25, 0.3) is 0 Å². The third-order valence-corrected chi connectivity index (χ3v) is 5.87. The van der Waals surface area contributed by atoms with Crippen molar-refractivity contribution in [1.82, 2.24) is 4.90 Å². The van der Waals surface area contributed by atoms with Gasteiger partial charge in [0.2, 0.25) is 0 Å². The third kappa shape index (κ3) is 3.85. The van der Waals surface area contributed by atoms with Crippen LogP contribution >= 0.6 is 11.6 Å². The number of benzene rings is 2. The van der Waals surface area contributed by atoms with Crippen LogP contribution in [-0.2, 0) is 11.3 Å². The maximum atomic E-state index is 12.7. The Morgan fingerprint density at radius 1 is 1.18 bits per heavy atom. The van der Waals surface area contributed by atoms with E-state index in [-0.39, 0.29) is 11.6 Å². The standard InChI is InChI=1S/C22H24ClN3O2/c1-2-16-5-3-4-6-19(16)24-21(27)26-13-11-22(12-14-26)15-20(25-28-22)17-7-9-18(23)10-8-17/h3-10H,2,11-15H2,1H3,(H,24,27). The zero-order valence-electron chi connectivity index (χ0n) is 16.0. The van der Waals surface area contributed by atoms with Gasteiger partial charge in [0, 0.05) is 43.1 Å². The number of piperidine rings is 1. The normalized spacial score (nSPS) is 17.9. The van der Waals surface area contributed by atoms with E-state index in [1.165, 1.54) is 0 Å². The van der Waals surface area contributed by atoms with Gasteiger partial charge in [-0.15, -0.1) is 0 Å². The predicted octanol–water partition coefficient (Wildman–Crippen LogP) is 5.09. The second-order valence-electron chi connectivity index (χ2n) is 7.42. The van der Waals surface area contributed by atoms with Crippen molar-refractivity contribution in [3.05, 3.63) is 64.7 Å². The first-order chi connectivity index (χ1) is 13.6. The smallest absolute Gasteiger partial charge is 0.321 e. The lowest BCUT2D eigenvalue weighted by atomic mass is 9.85. The molecule has 0 bridgehead atoms. The number of carbonyl (C=O) groups is 1. The van der Waals surface area contributed by atoms with Crippen molar-refractivity contribution in [3.63, 3.8) is 0 Å². The summed E-state index contributed by atoms with van der Waals surface area (Å²) >= 11 is 5.97. The van der Waals surface area contributed by atoms with E-state index in [0.29, 0.717) is 18.1 Å². The topological polar surface area (TPSA) is 53.9 Å². The molecule has 1 spiro atoms. The molecule has 0 aromatic heterocycles. The van der Waals surface area contributed by atoms with Crippen LogP contribution in [0.4, 0.5) is 10.5 Å². The van der Waals surface area contributed by atoms with Gasteiger partial charge < -0.3 is 15.1 Å². The Hall–Kier alpha value is -2.53. The fourth-order valence-electron chi connectivity index (χ4n) is 3.85. The number of rotatable bonds is 3. The fourth-order valence-corrected chi connectivity index (χ4v) is 3.97. The van der Waals surface area contributed by atoms with Crippen LogP contribution in [0.2, 0.25) is 5.02 Å². The summed E-state index contributed by atoms with van der Waals surface area (Å²) < 4.78 is 0. The molecule has 4 rings (SSSR count). The van der Waals surface area contributed by atoms with Crippen LogP contribution in [0, 0.1) is 0 Å². The molecule has 1 saturated heterocycles. The highest BCUT2D eigenvalue weighted by atomic mass is 35.5. The van der Waals surface area contributed by atoms with Gasteiger partial charge in [0.25, 0.3) is 0 Å². The van der Waals surface area contributed by atoms with Crippen LogP contribution < -0.4 is 5.32 Å². The van der Waals surface area contributed by atoms with E-state index in [0.717, 1.165) is 48.2 Å². The zero-order chi connectivity index (χ0) is 19.6. The Kier molecular flexibility index (Phi) is 5.27. The number of hydrogen-bond acceptors (Lipinski definition) is 3. The van der Waals surface area contributed by atoms with Gasteiger partial charge in [0.1, 0.15) is 5.60 Å². The highest BCUT2D eigenvalue weighted by Crippen LogP contribution is 2.36. The quantitative estimate of drug-likeness (QED) is 0.783. The number of nitrogens with one attached hydrogen (secondary N) is 1. The molecule has 2 aromatic carbocycles. The molecule has 2 aliphatic heterocycles. The summed E-state index contributed by atoms with van der Waals surface area (Å²) in [5, 5.41) is 8.09. The SMILES string of the molecule is CCc1ccccc1NC(=O)N1CCC2(CC1)CC(c1ccc(Cl)cc1)=NO2. The van der Waals surface area contributed by atoms with Gasteiger partial charge in [-0.3, -0.25) is 0 Å². The van der Waals surface area contributed by atoms with Crippen LogP contribution in [-0.4, -0.2) is 35.3 Å². The van der Waals surface area contributed by atoms with Gasteiger partial charge in [0.15, 0.2) is 0 Å². The van der Waals surface area contributed by atoms with Gasteiger partial charge in [-0.25, -0.2) is 4.79 Å². The van der Waals surface area contributed by atoms with Crippen molar-refractivity contribution in [2.75, 3.05) is 18.4 Å². The monoisotopic (exact) mass is 397 g/mol.